The fourth-order valence-electron chi connectivity index (χ4n) is 2.78. The normalized spacial score (nSPS) is 10.3. The number of halogens is 1. The SMILES string of the molecule is COc1cc(NC(=O)COc2ccc(-c3ccc(C)cc3)cc2)c(OC)cc1Br. The number of methoxy groups -OCH3 is 2. The fourth-order valence-corrected chi connectivity index (χ4v) is 3.27. The van der Waals surface area contributed by atoms with Gasteiger partial charge in [-0.3, -0.25) is 4.79 Å². The molecule has 0 aliphatic rings. The van der Waals surface area contributed by atoms with Gasteiger partial charge in [0.2, 0.25) is 0 Å². The average Bonchev–Trinajstić information content (AvgIpc) is 2.74. The number of aryl methyl sites for hydroxylation is 1. The minimum absolute atomic E-state index is 0.120. The molecule has 5 nitrogen and oxygen atoms in total. The van der Waals surface area contributed by atoms with Crippen LogP contribution in [0.3, 0.4) is 0 Å². The van der Waals surface area contributed by atoms with Gasteiger partial charge in [-0.2, -0.15) is 0 Å². The smallest absolute Gasteiger partial charge is 0.262 e. The van der Waals surface area contributed by atoms with Crippen LogP contribution in [0.4, 0.5) is 5.69 Å². The predicted molar refractivity (Wildman–Crippen MR) is 118 cm³/mol. The molecule has 150 valence electrons. The topological polar surface area (TPSA) is 56.8 Å². The molecule has 6 heteroatoms. The van der Waals surface area contributed by atoms with E-state index in [0.717, 1.165) is 15.6 Å². The first kappa shape index (κ1) is 20.7. The molecule has 0 atom stereocenters. The van der Waals surface area contributed by atoms with Crippen LogP contribution < -0.4 is 19.5 Å². The molecule has 0 heterocycles. The van der Waals surface area contributed by atoms with Crippen molar-refractivity contribution in [2.75, 3.05) is 26.1 Å². The van der Waals surface area contributed by atoms with Crippen molar-refractivity contribution in [3.8, 4) is 28.4 Å². The average molecular weight is 456 g/mol. The summed E-state index contributed by atoms with van der Waals surface area (Å²) in [6.45, 7) is 1.94. The highest BCUT2D eigenvalue weighted by molar-refractivity contribution is 9.10. The summed E-state index contributed by atoms with van der Waals surface area (Å²) in [5.41, 5.74) is 3.96. The summed E-state index contributed by atoms with van der Waals surface area (Å²) in [4.78, 5) is 12.3. The molecule has 0 aromatic heterocycles. The minimum Gasteiger partial charge on any atom is -0.495 e. The van der Waals surface area contributed by atoms with Gasteiger partial charge in [0.05, 0.1) is 24.4 Å². The van der Waals surface area contributed by atoms with E-state index in [2.05, 4.69) is 52.4 Å². The van der Waals surface area contributed by atoms with Crippen molar-refractivity contribution in [2.45, 2.75) is 6.92 Å². The van der Waals surface area contributed by atoms with E-state index in [1.54, 1.807) is 19.2 Å². The van der Waals surface area contributed by atoms with Crippen LogP contribution in [0.2, 0.25) is 0 Å². The zero-order chi connectivity index (χ0) is 20.8. The van der Waals surface area contributed by atoms with Gasteiger partial charge in [0.15, 0.2) is 6.61 Å². The van der Waals surface area contributed by atoms with Crippen molar-refractivity contribution in [3.63, 3.8) is 0 Å². The lowest BCUT2D eigenvalue weighted by molar-refractivity contribution is -0.118. The molecule has 29 heavy (non-hydrogen) atoms. The van der Waals surface area contributed by atoms with E-state index in [9.17, 15) is 4.79 Å². The van der Waals surface area contributed by atoms with E-state index in [1.165, 1.54) is 12.7 Å². The van der Waals surface area contributed by atoms with E-state index in [1.807, 2.05) is 24.3 Å². The lowest BCUT2D eigenvalue weighted by Crippen LogP contribution is -2.20. The van der Waals surface area contributed by atoms with Crippen LogP contribution in [0, 0.1) is 6.92 Å². The molecule has 3 aromatic rings. The standard InChI is InChI=1S/C23H22BrNO4/c1-15-4-6-16(7-5-15)17-8-10-18(11-9-17)29-14-23(26)25-20-13-21(27-2)19(24)12-22(20)28-3/h4-13H,14H2,1-3H3,(H,25,26). The predicted octanol–water partition coefficient (Wildman–Crippen LogP) is 5.46. The number of carbonyl (C=O) groups excluding carboxylic acids is 1. The van der Waals surface area contributed by atoms with Crippen LogP contribution in [-0.4, -0.2) is 26.7 Å². The Kier molecular flexibility index (Phi) is 6.77. The molecule has 0 saturated carbocycles. The van der Waals surface area contributed by atoms with E-state index in [4.69, 9.17) is 14.2 Å². The summed E-state index contributed by atoms with van der Waals surface area (Å²) < 4.78 is 16.9. The second-order valence-corrected chi connectivity index (χ2v) is 7.27. The number of hydrogen-bond acceptors (Lipinski definition) is 4. The third-order valence-corrected chi connectivity index (χ3v) is 4.98. The van der Waals surface area contributed by atoms with E-state index in [0.29, 0.717) is 22.9 Å². The maximum absolute atomic E-state index is 12.3. The van der Waals surface area contributed by atoms with Gasteiger partial charge in [0, 0.05) is 12.1 Å². The van der Waals surface area contributed by atoms with Crippen molar-refractivity contribution in [1.29, 1.82) is 0 Å². The number of ether oxygens (including phenoxy) is 3. The summed E-state index contributed by atoms with van der Waals surface area (Å²) in [5, 5.41) is 2.79. The van der Waals surface area contributed by atoms with Gasteiger partial charge in [-0.1, -0.05) is 42.0 Å². The van der Waals surface area contributed by atoms with Gasteiger partial charge in [-0.15, -0.1) is 0 Å². The highest BCUT2D eigenvalue weighted by Crippen LogP contribution is 2.36. The molecule has 0 aliphatic heterocycles. The maximum Gasteiger partial charge on any atom is 0.262 e. The number of amides is 1. The maximum atomic E-state index is 12.3. The summed E-state index contributed by atoms with van der Waals surface area (Å²) >= 11 is 3.39. The fraction of sp³-hybridized carbons (Fsp3) is 0.174. The number of hydrogen-bond donors (Lipinski definition) is 1. The zero-order valence-electron chi connectivity index (χ0n) is 16.5. The first-order valence-electron chi connectivity index (χ1n) is 9.01. The molecular formula is C23H22BrNO4. The van der Waals surface area contributed by atoms with E-state index >= 15 is 0 Å². The second-order valence-electron chi connectivity index (χ2n) is 6.41. The third kappa shape index (κ3) is 5.29. The molecule has 3 rings (SSSR count). The van der Waals surface area contributed by atoms with Crippen molar-refractivity contribution >= 4 is 27.5 Å². The molecule has 0 aliphatic carbocycles. The van der Waals surface area contributed by atoms with Crippen LogP contribution >= 0.6 is 15.9 Å². The Labute approximate surface area is 178 Å². The van der Waals surface area contributed by atoms with E-state index < -0.39 is 0 Å². The van der Waals surface area contributed by atoms with Gasteiger partial charge in [0.25, 0.3) is 5.91 Å². The molecule has 0 saturated heterocycles. The van der Waals surface area contributed by atoms with Crippen LogP contribution in [0.25, 0.3) is 11.1 Å². The summed E-state index contributed by atoms with van der Waals surface area (Å²) in [6.07, 6.45) is 0. The quantitative estimate of drug-likeness (QED) is 0.513. The lowest BCUT2D eigenvalue weighted by Gasteiger charge is -2.13. The Bertz CT molecular complexity index is 985. The second kappa shape index (κ2) is 9.47. The number of carbonyl (C=O) groups is 1. The van der Waals surface area contributed by atoms with Crippen molar-refractivity contribution in [2.24, 2.45) is 0 Å². The molecule has 1 amide bonds. The zero-order valence-corrected chi connectivity index (χ0v) is 18.1. The first-order chi connectivity index (χ1) is 14.0. The molecule has 3 aromatic carbocycles. The van der Waals surface area contributed by atoms with Crippen LogP contribution in [0.1, 0.15) is 5.56 Å². The summed E-state index contributed by atoms with van der Waals surface area (Å²) in [6, 6.07) is 19.4. The third-order valence-electron chi connectivity index (χ3n) is 4.36. The highest BCUT2D eigenvalue weighted by atomic mass is 79.9. The first-order valence-corrected chi connectivity index (χ1v) is 9.80. The Hall–Kier alpha value is -2.99. The van der Waals surface area contributed by atoms with Gasteiger partial charge in [-0.25, -0.2) is 0 Å². The number of nitrogens with one attached hydrogen (secondary N) is 1. The molecular weight excluding hydrogens is 434 g/mol. The monoisotopic (exact) mass is 455 g/mol. The highest BCUT2D eigenvalue weighted by Gasteiger charge is 2.13. The van der Waals surface area contributed by atoms with Gasteiger partial charge < -0.3 is 19.5 Å². The Morgan fingerprint density at radius 1 is 0.897 bits per heavy atom. The largest absolute Gasteiger partial charge is 0.495 e. The molecule has 0 bridgehead atoms. The Morgan fingerprint density at radius 2 is 1.48 bits per heavy atom. The summed E-state index contributed by atoms with van der Waals surface area (Å²) in [7, 11) is 3.09. The van der Waals surface area contributed by atoms with Crippen LogP contribution in [-0.2, 0) is 4.79 Å². The van der Waals surface area contributed by atoms with Crippen LogP contribution in [0.15, 0.2) is 65.1 Å². The molecule has 0 radical (unpaired) electrons. The minimum atomic E-state index is -0.296. The number of rotatable bonds is 7. The molecule has 0 fully saturated rings. The van der Waals surface area contributed by atoms with Gasteiger partial charge in [0.1, 0.15) is 17.2 Å². The van der Waals surface area contributed by atoms with Crippen molar-refractivity contribution in [1.82, 2.24) is 0 Å². The number of benzene rings is 3. The van der Waals surface area contributed by atoms with E-state index in [-0.39, 0.29) is 12.5 Å². The van der Waals surface area contributed by atoms with Crippen molar-refractivity contribution in [3.05, 3.63) is 70.7 Å². The van der Waals surface area contributed by atoms with Gasteiger partial charge in [-0.05, 0) is 46.1 Å². The van der Waals surface area contributed by atoms with Gasteiger partial charge >= 0.3 is 0 Å². The Balaban J connectivity index is 1.61. The van der Waals surface area contributed by atoms with Crippen molar-refractivity contribution < 1.29 is 19.0 Å². The Morgan fingerprint density at radius 3 is 2.07 bits per heavy atom. The molecule has 0 unspecified atom stereocenters. The molecule has 1 N–H and O–H groups in total. The lowest BCUT2D eigenvalue weighted by atomic mass is 10.0. The molecule has 0 spiro atoms. The van der Waals surface area contributed by atoms with Crippen LogP contribution in [0.5, 0.6) is 17.2 Å². The summed E-state index contributed by atoms with van der Waals surface area (Å²) in [5.74, 6) is 1.44. The number of anilines is 1.